The van der Waals surface area contributed by atoms with Crippen LogP contribution in [0.1, 0.15) is 28.9 Å². The van der Waals surface area contributed by atoms with E-state index in [-0.39, 0.29) is 24.0 Å². The number of non-ortho nitro benzene ring substituents is 1. The smallest absolute Gasteiger partial charge is 0.417 e. The number of piperidine rings is 1. The molecule has 1 aromatic carbocycles. The van der Waals surface area contributed by atoms with E-state index in [2.05, 4.69) is 10.3 Å². The third kappa shape index (κ3) is 6.34. The van der Waals surface area contributed by atoms with Crippen molar-refractivity contribution in [3.05, 3.63) is 51.0 Å². The van der Waals surface area contributed by atoms with Gasteiger partial charge in [-0.05, 0) is 43.6 Å². The van der Waals surface area contributed by atoms with Crippen molar-refractivity contribution in [2.24, 2.45) is 0 Å². The Balaban J connectivity index is 1.43. The topological polar surface area (TPSA) is 161 Å². The predicted molar refractivity (Wildman–Crippen MR) is 129 cm³/mol. The van der Waals surface area contributed by atoms with Crippen molar-refractivity contribution in [1.29, 1.82) is 0 Å². The number of nitro groups is 1. The average Bonchev–Trinajstić information content (AvgIpc) is 3.30. The molecule has 2 fully saturated rings. The molecular formula is C21H25N5O8S2. The van der Waals surface area contributed by atoms with Crippen molar-refractivity contribution in [3.8, 4) is 0 Å². The summed E-state index contributed by atoms with van der Waals surface area (Å²) in [6.45, 7) is 1.78. The first kappa shape index (κ1) is 25.9. The Kier molecular flexibility index (Phi) is 7.82. The normalized spacial score (nSPS) is 16.9. The van der Waals surface area contributed by atoms with Gasteiger partial charge >= 0.3 is 6.09 Å². The molecule has 2 aromatic rings. The predicted octanol–water partition coefficient (Wildman–Crippen LogP) is 1.75. The highest BCUT2D eigenvalue weighted by Crippen LogP contribution is 2.28. The first-order valence-electron chi connectivity index (χ1n) is 11.1. The Hall–Kier alpha value is -3.14. The number of benzene rings is 1. The monoisotopic (exact) mass is 539 g/mol. The van der Waals surface area contributed by atoms with Crippen LogP contribution >= 0.6 is 11.3 Å². The highest BCUT2D eigenvalue weighted by molar-refractivity contribution is 7.86. The van der Waals surface area contributed by atoms with E-state index < -0.39 is 33.1 Å². The number of amides is 2. The quantitative estimate of drug-likeness (QED) is 0.295. The molecule has 194 valence electrons. The van der Waals surface area contributed by atoms with E-state index in [1.54, 1.807) is 10.3 Å². The molecule has 0 unspecified atom stereocenters. The van der Waals surface area contributed by atoms with Gasteiger partial charge in [-0.15, -0.1) is 11.3 Å². The molecule has 0 atom stereocenters. The van der Waals surface area contributed by atoms with Crippen molar-refractivity contribution in [1.82, 2.24) is 15.2 Å². The highest BCUT2D eigenvalue weighted by atomic mass is 32.2. The van der Waals surface area contributed by atoms with Gasteiger partial charge in [-0.3, -0.25) is 19.1 Å². The minimum atomic E-state index is -3.55. The number of imide groups is 1. The van der Waals surface area contributed by atoms with E-state index in [4.69, 9.17) is 8.92 Å². The maximum atomic E-state index is 13.4. The van der Waals surface area contributed by atoms with Crippen LogP contribution in [0, 0.1) is 10.1 Å². The molecule has 0 aliphatic carbocycles. The third-order valence-corrected chi connectivity index (χ3v) is 7.26. The summed E-state index contributed by atoms with van der Waals surface area (Å²) >= 11 is 1.21. The molecule has 13 nitrogen and oxygen atoms in total. The summed E-state index contributed by atoms with van der Waals surface area (Å²) < 4.78 is 32.9. The van der Waals surface area contributed by atoms with Gasteiger partial charge < -0.3 is 15.0 Å². The van der Waals surface area contributed by atoms with E-state index in [0.29, 0.717) is 49.7 Å². The van der Waals surface area contributed by atoms with E-state index in [1.807, 2.05) is 0 Å². The fourth-order valence-electron chi connectivity index (χ4n) is 3.92. The molecule has 2 aliphatic heterocycles. The third-order valence-electron chi connectivity index (χ3n) is 5.74. The number of ether oxygens (including phenoxy) is 1. The van der Waals surface area contributed by atoms with Crippen LogP contribution in [-0.2, 0) is 25.6 Å². The minimum Gasteiger partial charge on any atom is -0.444 e. The molecule has 0 radical (unpaired) electrons. The van der Waals surface area contributed by atoms with Crippen LogP contribution < -0.4 is 10.2 Å². The second-order valence-electron chi connectivity index (χ2n) is 8.48. The fourth-order valence-corrected chi connectivity index (χ4v) is 5.36. The zero-order valence-corrected chi connectivity index (χ0v) is 21.0. The van der Waals surface area contributed by atoms with Gasteiger partial charge in [0.2, 0.25) is 0 Å². The van der Waals surface area contributed by atoms with E-state index in [9.17, 15) is 28.1 Å². The Morgan fingerprint density at radius 3 is 2.53 bits per heavy atom. The molecule has 36 heavy (non-hydrogen) atoms. The maximum Gasteiger partial charge on any atom is 0.417 e. The summed E-state index contributed by atoms with van der Waals surface area (Å²) in [7, 11) is -3.55. The van der Waals surface area contributed by atoms with Crippen LogP contribution in [0.2, 0.25) is 0 Å². The molecule has 0 saturated carbocycles. The van der Waals surface area contributed by atoms with Gasteiger partial charge in [0, 0.05) is 36.6 Å². The number of hydrogen-bond donors (Lipinski definition) is 1. The van der Waals surface area contributed by atoms with Crippen molar-refractivity contribution in [2.45, 2.75) is 31.6 Å². The van der Waals surface area contributed by atoms with Crippen LogP contribution in [0.4, 0.5) is 15.6 Å². The van der Waals surface area contributed by atoms with Crippen LogP contribution in [0.15, 0.2) is 29.6 Å². The Bertz CT molecular complexity index is 1220. The summed E-state index contributed by atoms with van der Waals surface area (Å²) in [6, 6.07) is 5.24. The first-order chi connectivity index (χ1) is 17.1. The van der Waals surface area contributed by atoms with Crippen molar-refractivity contribution >= 4 is 44.3 Å². The number of carbonyl (C=O) groups is 2. The number of aromatic nitrogens is 1. The van der Waals surface area contributed by atoms with Crippen molar-refractivity contribution < 1.29 is 31.9 Å². The number of nitrogens with one attached hydrogen (secondary N) is 1. The highest BCUT2D eigenvalue weighted by Gasteiger charge is 2.36. The lowest BCUT2D eigenvalue weighted by atomic mass is 10.0. The lowest BCUT2D eigenvalue weighted by molar-refractivity contribution is -0.384. The zero-order valence-electron chi connectivity index (χ0n) is 19.4. The largest absolute Gasteiger partial charge is 0.444 e. The molecule has 15 heteroatoms. The Labute approximate surface area is 211 Å². The molecule has 4 rings (SSSR count). The number of nitro benzene ring substituents is 1. The van der Waals surface area contributed by atoms with E-state index >= 15 is 0 Å². The van der Waals surface area contributed by atoms with Gasteiger partial charge in [-0.25, -0.2) is 14.7 Å². The molecular weight excluding hydrogens is 514 g/mol. The first-order valence-corrected chi connectivity index (χ1v) is 13.8. The minimum absolute atomic E-state index is 0.0765. The second kappa shape index (κ2) is 10.9. The van der Waals surface area contributed by atoms with Gasteiger partial charge in [0.1, 0.15) is 18.4 Å². The zero-order chi connectivity index (χ0) is 25.9. The van der Waals surface area contributed by atoms with E-state index in [1.165, 1.54) is 35.6 Å². The molecule has 1 aromatic heterocycles. The number of thiazole rings is 1. The second-order valence-corrected chi connectivity index (χ2v) is 10.9. The van der Waals surface area contributed by atoms with Crippen LogP contribution in [0.3, 0.4) is 0 Å². The van der Waals surface area contributed by atoms with Crippen LogP contribution in [0.5, 0.6) is 0 Å². The molecule has 2 saturated heterocycles. The number of rotatable bonds is 8. The van der Waals surface area contributed by atoms with Gasteiger partial charge in [0.25, 0.3) is 21.7 Å². The summed E-state index contributed by atoms with van der Waals surface area (Å²) in [4.78, 5) is 44.0. The van der Waals surface area contributed by atoms with Crippen LogP contribution in [-0.4, -0.2) is 79.8 Å². The summed E-state index contributed by atoms with van der Waals surface area (Å²) in [5.41, 5.74) is 0.562. The number of nitrogens with zero attached hydrogens (tertiary/aromatic N) is 4. The fraction of sp³-hybridized carbons (Fsp3) is 0.476. The Morgan fingerprint density at radius 2 is 1.92 bits per heavy atom. The molecule has 0 bridgehead atoms. The lowest BCUT2D eigenvalue weighted by Crippen LogP contribution is -2.53. The van der Waals surface area contributed by atoms with Gasteiger partial charge in [-0.1, -0.05) is 0 Å². The van der Waals surface area contributed by atoms with Gasteiger partial charge in [-0.2, -0.15) is 8.42 Å². The molecule has 0 spiro atoms. The molecule has 2 aliphatic rings. The summed E-state index contributed by atoms with van der Waals surface area (Å²) in [5, 5.41) is 16.1. The van der Waals surface area contributed by atoms with Gasteiger partial charge in [0.05, 0.1) is 11.2 Å². The number of anilines is 1. The summed E-state index contributed by atoms with van der Waals surface area (Å²) in [5.74, 6) is -0.581. The van der Waals surface area contributed by atoms with E-state index in [0.717, 1.165) is 11.2 Å². The van der Waals surface area contributed by atoms with Gasteiger partial charge in [0.15, 0.2) is 5.13 Å². The summed E-state index contributed by atoms with van der Waals surface area (Å²) in [6.07, 6.45) is 0.832. The number of hydrogen-bond acceptors (Lipinski definition) is 12. The van der Waals surface area contributed by atoms with Crippen LogP contribution in [0.25, 0.3) is 0 Å². The SMILES string of the molecule is CS(=O)(=O)OC1CN(c2nc(C(=O)N(C(=O)OCc3ccc([N+](=O)[O-])cc3)C3CCNCC3)cs2)C1. The standard InChI is InChI=1S/C21H25N5O8S2/c1-36(31,32)34-17-10-24(11-17)20-23-18(13-35-20)19(27)25(15-6-8-22-9-7-15)21(28)33-12-14-2-4-16(5-3-14)26(29)30/h2-5,13,15,17,22H,6-12H2,1H3. The average molecular weight is 540 g/mol. The molecule has 1 N–H and O–H groups in total. The Morgan fingerprint density at radius 1 is 1.25 bits per heavy atom. The number of carbonyl (C=O) groups excluding carboxylic acids is 2. The lowest BCUT2D eigenvalue weighted by Gasteiger charge is -2.37. The van der Waals surface area contributed by atoms with Crippen molar-refractivity contribution in [2.75, 3.05) is 37.3 Å². The molecule has 2 amide bonds. The molecule has 3 heterocycles. The maximum absolute atomic E-state index is 13.4. The van der Waals surface area contributed by atoms with Crippen molar-refractivity contribution in [3.63, 3.8) is 0 Å².